The number of carbonyl (C=O) groups is 2. The largest absolute Gasteiger partial charge is 0.497 e. The molecule has 5 heteroatoms. The van der Waals surface area contributed by atoms with E-state index in [4.69, 9.17) is 9.47 Å². The molecule has 134 valence electrons. The smallest absolute Gasteiger partial charge is 0.331 e. The highest BCUT2D eigenvalue weighted by molar-refractivity contribution is 5.95. The van der Waals surface area contributed by atoms with Gasteiger partial charge in [0.2, 0.25) is 5.91 Å². The van der Waals surface area contributed by atoms with Crippen LogP contribution in [0, 0.1) is 0 Å². The van der Waals surface area contributed by atoms with Crippen molar-refractivity contribution in [1.29, 1.82) is 0 Å². The molecule has 1 heterocycles. The van der Waals surface area contributed by atoms with Gasteiger partial charge in [0, 0.05) is 24.7 Å². The van der Waals surface area contributed by atoms with Gasteiger partial charge >= 0.3 is 5.97 Å². The number of anilines is 1. The molecule has 2 aromatic carbocycles. The minimum absolute atomic E-state index is 0.162. The summed E-state index contributed by atoms with van der Waals surface area (Å²) in [6.07, 6.45) is 4.62. The lowest BCUT2D eigenvalue weighted by Gasteiger charge is -2.15. The van der Waals surface area contributed by atoms with Gasteiger partial charge in [-0.2, -0.15) is 0 Å². The summed E-state index contributed by atoms with van der Waals surface area (Å²) in [5.74, 6) is 0.522. The van der Waals surface area contributed by atoms with Gasteiger partial charge in [0.25, 0.3) is 0 Å². The van der Waals surface area contributed by atoms with Crippen molar-refractivity contribution in [2.75, 3.05) is 18.6 Å². The van der Waals surface area contributed by atoms with E-state index in [0.717, 1.165) is 35.5 Å². The summed E-state index contributed by atoms with van der Waals surface area (Å²) < 4.78 is 10.3. The second kappa shape index (κ2) is 8.34. The highest BCUT2D eigenvalue weighted by Crippen LogP contribution is 2.22. The normalized spacial score (nSPS) is 14.0. The SMILES string of the molecule is COc1ccc(COC(=O)/C=C/c2ccc(N3CCCC3=O)cc2)cc1. The zero-order chi connectivity index (χ0) is 18.4. The Hall–Kier alpha value is -3.08. The van der Waals surface area contributed by atoms with Gasteiger partial charge in [-0.05, 0) is 47.9 Å². The maximum atomic E-state index is 11.8. The molecule has 0 atom stereocenters. The molecule has 0 saturated carbocycles. The molecule has 0 aliphatic carbocycles. The van der Waals surface area contributed by atoms with E-state index in [1.807, 2.05) is 48.5 Å². The molecule has 2 aromatic rings. The molecule has 0 aromatic heterocycles. The maximum Gasteiger partial charge on any atom is 0.331 e. The van der Waals surface area contributed by atoms with Gasteiger partial charge in [0.15, 0.2) is 0 Å². The van der Waals surface area contributed by atoms with E-state index in [9.17, 15) is 9.59 Å². The minimum atomic E-state index is -0.403. The van der Waals surface area contributed by atoms with Gasteiger partial charge in [-0.1, -0.05) is 24.3 Å². The average Bonchev–Trinajstić information content (AvgIpc) is 3.11. The molecular weight excluding hydrogens is 330 g/mol. The van der Waals surface area contributed by atoms with Crippen molar-refractivity contribution in [2.24, 2.45) is 0 Å². The Morgan fingerprint density at radius 3 is 2.46 bits per heavy atom. The molecule has 1 amide bonds. The molecule has 1 fully saturated rings. The predicted octanol–water partition coefficient (Wildman–Crippen LogP) is 3.58. The number of hydrogen-bond acceptors (Lipinski definition) is 4. The second-order valence-electron chi connectivity index (χ2n) is 6.03. The Labute approximate surface area is 152 Å². The number of esters is 1. The van der Waals surface area contributed by atoms with Crippen molar-refractivity contribution < 1.29 is 19.1 Å². The van der Waals surface area contributed by atoms with Gasteiger partial charge in [0.1, 0.15) is 12.4 Å². The molecule has 0 N–H and O–H groups in total. The van der Waals surface area contributed by atoms with Crippen LogP contribution in [0.25, 0.3) is 6.08 Å². The van der Waals surface area contributed by atoms with Crippen LogP contribution < -0.4 is 9.64 Å². The molecule has 1 aliphatic rings. The van der Waals surface area contributed by atoms with Crippen molar-refractivity contribution in [3.8, 4) is 5.75 Å². The van der Waals surface area contributed by atoms with E-state index < -0.39 is 5.97 Å². The number of amides is 1. The maximum absolute atomic E-state index is 11.8. The van der Waals surface area contributed by atoms with Crippen LogP contribution in [-0.2, 0) is 20.9 Å². The molecule has 26 heavy (non-hydrogen) atoms. The van der Waals surface area contributed by atoms with Crippen molar-refractivity contribution in [2.45, 2.75) is 19.4 Å². The van der Waals surface area contributed by atoms with E-state index in [1.54, 1.807) is 18.1 Å². The fourth-order valence-electron chi connectivity index (χ4n) is 2.78. The number of benzene rings is 2. The fourth-order valence-corrected chi connectivity index (χ4v) is 2.78. The Kier molecular flexibility index (Phi) is 5.69. The molecule has 5 nitrogen and oxygen atoms in total. The Balaban J connectivity index is 1.51. The van der Waals surface area contributed by atoms with Crippen LogP contribution in [0.3, 0.4) is 0 Å². The standard InChI is InChI=1S/C21H21NO4/c1-25-19-11-6-17(7-12-19)15-26-21(24)13-8-16-4-9-18(10-5-16)22-14-2-3-20(22)23/h4-13H,2-3,14-15H2,1H3/b13-8+. The van der Waals surface area contributed by atoms with Crippen LogP contribution in [-0.4, -0.2) is 25.5 Å². The number of rotatable bonds is 6. The van der Waals surface area contributed by atoms with Gasteiger partial charge in [-0.15, -0.1) is 0 Å². The summed E-state index contributed by atoms with van der Waals surface area (Å²) in [5, 5.41) is 0. The molecule has 3 rings (SSSR count). The summed E-state index contributed by atoms with van der Waals surface area (Å²) in [6, 6.07) is 14.9. The third kappa shape index (κ3) is 4.51. The summed E-state index contributed by atoms with van der Waals surface area (Å²) >= 11 is 0. The van der Waals surface area contributed by atoms with Crippen molar-refractivity contribution in [3.05, 3.63) is 65.7 Å². The first-order valence-electron chi connectivity index (χ1n) is 8.54. The van der Waals surface area contributed by atoms with Crippen LogP contribution >= 0.6 is 0 Å². The topological polar surface area (TPSA) is 55.8 Å². The zero-order valence-corrected chi connectivity index (χ0v) is 14.7. The minimum Gasteiger partial charge on any atom is -0.497 e. The fraction of sp³-hybridized carbons (Fsp3) is 0.238. The van der Waals surface area contributed by atoms with Crippen LogP contribution in [0.5, 0.6) is 5.75 Å². The monoisotopic (exact) mass is 351 g/mol. The van der Waals surface area contributed by atoms with Crippen molar-refractivity contribution >= 4 is 23.6 Å². The predicted molar refractivity (Wildman–Crippen MR) is 99.9 cm³/mol. The Morgan fingerprint density at radius 2 is 1.85 bits per heavy atom. The Bertz CT molecular complexity index is 794. The molecular formula is C21H21NO4. The third-order valence-corrected chi connectivity index (χ3v) is 4.23. The Morgan fingerprint density at radius 1 is 1.12 bits per heavy atom. The summed E-state index contributed by atoms with van der Waals surface area (Å²) in [7, 11) is 1.61. The number of carbonyl (C=O) groups excluding carboxylic acids is 2. The van der Waals surface area contributed by atoms with Crippen LogP contribution in [0.1, 0.15) is 24.0 Å². The molecule has 0 radical (unpaired) electrons. The van der Waals surface area contributed by atoms with E-state index in [-0.39, 0.29) is 12.5 Å². The van der Waals surface area contributed by atoms with Crippen molar-refractivity contribution in [1.82, 2.24) is 0 Å². The molecule has 0 spiro atoms. The summed E-state index contributed by atoms with van der Waals surface area (Å²) in [5.41, 5.74) is 2.67. The first kappa shape index (κ1) is 17.7. The average molecular weight is 351 g/mol. The first-order valence-corrected chi connectivity index (χ1v) is 8.54. The van der Waals surface area contributed by atoms with E-state index in [2.05, 4.69) is 0 Å². The number of nitrogens with zero attached hydrogens (tertiary/aromatic N) is 1. The quantitative estimate of drug-likeness (QED) is 0.590. The number of ether oxygens (including phenoxy) is 2. The number of methoxy groups -OCH3 is 1. The van der Waals surface area contributed by atoms with E-state index in [0.29, 0.717) is 6.42 Å². The molecule has 1 aliphatic heterocycles. The lowest BCUT2D eigenvalue weighted by Crippen LogP contribution is -2.23. The zero-order valence-electron chi connectivity index (χ0n) is 14.7. The molecule has 0 unspecified atom stereocenters. The highest BCUT2D eigenvalue weighted by atomic mass is 16.5. The van der Waals surface area contributed by atoms with Crippen molar-refractivity contribution in [3.63, 3.8) is 0 Å². The molecule has 0 bridgehead atoms. The van der Waals surface area contributed by atoms with Crippen LogP contribution in [0.2, 0.25) is 0 Å². The van der Waals surface area contributed by atoms with E-state index in [1.165, 1.54) is 6.08 Å². The lowest BCUT2D eigenvalue weighted by atomic mass is 10.2. The first-order chi connectivity index (χ1) is 12.7. The van der Waals surface area contributed by atoms with Gasteiger partial charge < -0.3 is 14.4 Å². The lowest BCUT2D eigenvalue weighted by molar-refractivity contribution is -0.138. The van der Waals surface area contributed by atoms with Crippen LogP contribution in [0.15, 0.2) is 54.6 Å². The van der Waals surface area contributed by atoms with E-state index >= 15 is 0 Å². The van der Waals surface area contributed by atoms with Gasteiger partial charge in [-0.25, -0.2) is 4.79 Å². The van der Waals surface area contributed by atoms with Gasteiger partial charge in [0.05, 0.1) is 7.11 Å². The third-order valence-electron chi connectivity index (χ3n) is 4.23. The number of hydrogen-bond donors (Lipinski definition) is 0. The van der Waals surface area contributed by atoms with Gasteiger partial charge in [-0.3, -0.25) is 4.79 Å². The summed E-state index contributed by atoms with van der Waals surface area (Å²) in [6.45, 7) is 0.981. The highest BCUT2D eigenvalue weighted by Gasteiger charge is 2.21. The van der Waals surface area contributed by atoms with Crippen LogP contribution in [0.4, 0.5) is 5.69 Å². The second-order valence-corrected chi connectivity index (χ2v) is 6.03. The molecule has 1 saturated heterocycles. The summed E-state index contributed by atoms with van der Waals surface area (Å²) in [4.78, 5) is 25.4.